The van der Waals surface area contributed by atoms with Crippen molar-refractivity contribution in [1.29, 1.82) is 0 Å². The zero-order valence-corrected chi connectivity index (χ0v) is 17.6. The van der Waals surface area contributed by atoms with Gasteiger partial charge in [0, 0.05) is 34.0 Å². The summed E-state index contributed by atoms with van der Waals surface area (Å²) in [6.07, 6.45) is 2.03. The molecule has 4 aromatic rings. The molecule has 4 nitrogen and oxygen atoms in total. The molecular formula is C24H21BrN2O2. The Hall–Kier alpha value is -3.05. The fourth-order valence-corrected chi connectivity index (χ4v) is 4.03. The lowest BCUT2D eigenvalue weighted by atomic mass is 9.90. The molecule has 1 aromatic heterocycles. The topological polar surface area (TPSA) is 54.1 Å². The minimum Gasteiger partial charge on any atom is -0.497 e. The Labute approximate surface area is 178 Å². The zero-order chi connectivity index (χ0) is 20.2. The summed E-state index contributed by atoms with van der Waals surface area (Å²) in [4.78, 5) is 16.1. The van der Waals surface area contributed by atoms with Crippen molar-refractivity contribution in [3.05, 3.63) is 100 Å². The van der Waals surface area contributed by atoms with Crippen LogP contribution in [0.5, 0.6) is 5.75 Å². The van der Waals surface area contributed by atoms with Gasteiger partial charge in [-0.1, -0.05) is 42.5 Å². The van der Waals surface area contributed by atoms with Gasteiger partial charge in [-0.15, -0.1) is 0 Å². The van der Waals surface area contributed by atoms with E-state index in [1.807, 2.05) is 54.7 Å². The number of ether oxygens (including phenoxy) is 1. The van der Waals surface area contributed by atoms with Crippen molar-refractivity contribution in [3.8, 4) is 5.75 Å². The van der Waals surface area contributed by atoms with E-state index in [9.17, 15) is 4.79 Å². The van der Waals surface area contributed by atoms with Crippen molar-refractivity contribution in [2.24, 2.45) is 0 Å². The third-order valence-corrected chi connectivity index (χ3v) is 5.79. The molecule has 4 rings (SSSR count). The lowest BCUT2D eigenvalue weighted by molar-refractivity contribution is 0.0951. The number of aromatic nitrogens is 1. The van der Waals surface area contributed by atoms with Crippen LogP contribution in [-0.2, 0) is 0 Å². The van der Waals surface area contributed by atoms with Crippen LogP contribution in [0.15, 0.2) is 83.5 Å². The quantitative estimate of drug-likeness (QED) is 0.409. The van der Waals surface area contributed by atoms with Crippen LogP contribution in [0.2, 0.25) is 0 Å². The van der Waals surface area contributed by atoms with E-state index in [4.69, 9.17) is 4.74 Å². The van der Waals surface area contributed by atoms with Crippen LogP contribution < -0.4 is 10.1 Å². The normalized spacial score (nSPS) is 11.9. The molecule has 146 valence electrons. The van der Waals surface area contributed by atoms with E-state index in [-0.39, 0.29) is 11.8 Å². The molecule has 0 aliphatic carbocycles. The number of rotatable bonds is 6. The highest BCUT2D eigenvalue weighted by Gasteiger charge is 2.20. The van der Waals surface area contributed by atoms with Gasteiger partial charge in [0.25, 0.3) is 5.91 Å². The number of hydrogen-bond donors (Lipinski definition) is 2. The standard InChI is InChI=1S/C24H21BrN2O2/c1-29-17-12-10-16(11-13-17)20(21-15-26-23-9-5-3-6-18(21)23)14-27-24(28)19-7-2-4-8-22(19)25/h2-13,15,20,26H,14H2,1H3,(H,27,28)/t20-/m1/s1. The highest BCUT2D eigenvalue weighted by atomic mass is 79.9. The summed E-state index contributed by atoms with van der Waals surface area (Å²) < 4.78 is 6.08. The Morgan fingerprint density at radius 2 is 1.76 bits per heavy atom. The smallest absolute Gasteiger partial charge is 0.252 e. The number of para-hydroxylation sites is 1. The van der Waals surface area contributed by atoms with E-state index in [2.05, 4.69) is 50.5 Å². The number of nitrogens with one attached hydrogen (secondary N) is 2. The van der Waals surface area contributed by atoms with Crippen molar-refractivity contribution in [2.75, 3.05) is 13.7 Å². The molecule has 0 saturated carbocycles. The number of H-pyrrole nitrogens is 1. The molecule has 29 heavy (non-hydrogen) atoms. The van der Waals surface area contributed by atoms with Gasteiger partial charge >= 0.3 is 0 Å². The molecule has 0 bridgehead atoms. The maximum atomic E-state index is 12.8. The van der Waals surface area contributed by atoms with Gasteiger partial charge in [0.2, 0.25) is 0 Å². The summed E-state index contributed by atoms with van der Waals surface area (Å²) >= 11 is 3.46. The molecule has 5 heteroatoms. The molecule has 3 aromatic carbocycles. The minimum atomic E-state index is -0.101. The predicted octanol–water partition coefficient (Wildman–Crippen LogP) is 5.50. The van der Waals surface area contributed by atoms with E-state index in [1.54, 1.807) is 7.11 Å². The predicted molar refractivity (Wildman–Crippen MR) is 120 cm³/mol. The molecular weight excluding hydrogens is 428 g/mol. The van der Waals surface area contributed by atoms with Crippen LogP contribution >= 0.6 is 15.9 Å². The first kappa shape index (κ1) is 19.3. The fourth-order valence-electron chi connectivity index (χ4n) is 3.56. The molecule has 0 unspecified atom stereocenters. The monoisotopic (exact) mass is 448 g/mol. The lowest BCUT2D eigenvalue weighted by Gasteiger charge is -2.19. The lowest BCUT2D eigenvalue weighted by Crippen LogP contribution is -2.29. The van der Waals surface area contributed by atoms with Crippen molar-refractivity contribution in [1.82, 2.24) is 10.3 Å². The van der Waals surface area contributed by atoms with Crippen LogP contribution in [0.25, 0.3) is 10.9 Å². The van der Waals surface area contributed by atoms with Crippen LogP contribution in [0.3, 0.4) is 0 Å². The third kappa shape index (κ3) is 4.05. The largest absolute Gasteiger partial charge is 0.497 e. The second-order valence-electron chi connectivity index (χ2n) is 6.81. The van der Waals surface area contributed by atoms with E-state index in [1.165, 1.54) is 0 Å². The van der Waals surface area contributed by atoms with E-state index >= 15 is 0 Å². The zero-order valence-electron chi connectivity index (χ0n) is 16.0. The number of halogens is 1. The molecule has 0 fully saturated rings. The average molecular weight is 449 g/mol. The first-order valence-electron chi connectivity index (χ1n) is 9.40. The molecule has 0 saturated heterocycles. The van der Waals surface area contributed by atoms with Gasteiger partial charge in [-0.2, -0.15) is 0 Å². The Kier molecular flexibility index (Phi) is 5.67. The number of aromatic amines is 1. The highest BCUT2D eigenvalue weighted by molar-refractivity contribution is 9.10. The van der Waals surface area contributed by atoms with Gasteiger partial charge in [-0.05, 0) is 57.4 Å². The van der Waals surface area contributed by atoms with Crippen molar-refractivity contribution < 1.29 is 9.53 Å². The number of carbonyl (C=O) groups is 1. The molecule has 0 aliphatic heterocycles. The number of benzene rings is 3. The molecule has 0 radical (unpaired) electrons. The van der Waals surface area contributed by atoms with Gasteiger partial charge in [-0.25, -0.2) is 0 Å². The van der Waals surface area contributed by atoms with Crippen LogP contribution in [-0.4, -0.2) is 24.5 Å². The van der Waals surface area contributed by atoms with Gasteiger partial charge < -0.3 is 15.0 Å². The number of hydrogen-bond acceptors (Lipinski definition) is 2. The third-order valence-electron chi connectivity index (χ3n) is 5.10. The fraction of sp³-hybridized carbons (Fsp3) is 0.125. The summed E-state index contributed by atoms with van der Waals surface area (Å²) in [7, 11) is 1.66. The Bertz CT molecular complexity index is 1140. The first-order valence-corrected chi connectivity index (χ1v) is 10.2. The summed E-state index contributed by atoms with van der Waals surface area (Å²) in [6.45, 7) is 0.481. The molecule has 1 heterocycles. The second kappa shape index (κ2) is 8.53. The van der Waals surface area contributed by atoms with Crippen LogP contribution in [0.1, 0.15) is 27.4 Å². The minimum absolute atomic E-state index is 0.00324. The van der Waals surface area contributed by atoms with Gasteiger partial charge in [0.1, 0.15) is 5.75 Å². The number of fused-ring (bicyclic) bond motifs is 1. The second-order valence-corrected chi connectivity index (χ2v) is 7.66. The van der Waals surface area contributed by atoms with E-state index in [0.717, 1.165) is 32.3 Å². The Morgan fingerprint density at radius 1 is 1.03 bits per heavy atom. The number of carbonyl (C=O) groups excluding carboxylic acids is 1. The van der Waals surface area contributed by atoms with Gasteiger partial charge in [-0.3, -0.25) is 4.79 Å². The summed E-state index contributed by atoms with van der Waals surface area (Å²) in [6, 6.07) is 23.7. The molecule has 2 N–H and O–H groups in total. The molecule has 1 atom stereocenters. The summed E-state index contributed by atoms with van der Waals surface area (Å²) in [5.41, 5.74) is 3.97. The highest BCUT2D eigenvalue weighted by Crippen LogP contribution is 2.31. The number of methoxy groups -OCH3 is 1. The summed E-state index contributed by atoms with van der Waals surface area (Å²) in [5.74, 6) is 0.711. The van der Waals surface area contributed by atoms with Crippen molar-refractivity contribution >= 4 is 32.7 Å². The van der Waals surface area contributed by atoms with Crippen LogP contribution in [0.4, 0.5) is 0 Å². The van der Waals surface area contributed by atoms with Crippen molar-refractivity contribution in [3.63, 3.8) is 0 Å². The van der Waals surface area contributed by atoms with Gasteiger partial charge in [0.05, 0.1) is 12.7 Å². The SMILES string of the molecule is COc1ccc([C@@H](CNC(=O)c2ccccc2Br)c2c[nH]c3ccccc23)cc1. The number of amides is 1. The van der Waals surface area contributed by atoms with Gasteiger partial charge in [0.15, 0.2) is 0 Å². The average Bonchev–Trinajstić information content (AvgIpc) is 3.18. The Morgan fingerprint density at radius 3 is 2.52 bits per heavy atom. The Balaban J connectivity index is 1.66. The summed E-state index contributed by atoms with van der Waals surface area (Å²) in [5, 5.41) is 4.26. The molecule has 1 amide bonds. The van der Waals surface area contributed by atoms with Crippen LogP contribution in [0, 0.1) is 0 Å². The first-order chi connectivity index (χ1) is 14.2. The van der Waals surface area contributed by atoms with E-state index < -0.39 is 0 Å². The maximum absolute atomic E-state index is 12.8. The van der Waals surface area contributed by atoms with Crippen molar-refractivity contribution in [2.45, 2.75) is 5.92 Å². The van der Waals surface area contributed by atoms with E-state index in [0.29, 0.717) is 12.1 Å². The molecule has 0 spiro atoms. The maximum Gasteiger partial charge on any atom is 0.252 e. The molecule has 0 aliphatic rings.